The van der Waals surface area contributed by atoms with E-state index >= 15 is 0 Å². The highest BCUT2D eigenvalue weighted by molar-refractivity contribution is 7.99. The highest BCUT2D eigenvalue weighted by atomic mass is 32.2. The maximum Gasteiger partial charge on any atom is 0.197 e. The van der Waals surface area contributed by atoms with Crippen LogP contribution in [0.1, 0.15) is 24.7 Å². The Bertz CT molecular complexity index is 520. The number of nitrogens with zero attached hydrogens (tertiary/aromatic N) is 4. The number of hydrogen-bond donors (Lipinski definition) is 1. The Morgan fingerprint density at radius 1 is 1.32 bits per heavy atom. The molecule has 0 unspecified atom stereocenters. The van der Waals surface area contributed by atoms with Gasteiger partial charge in [-0.15, -0.1) is 10.2 Å². The van der Waals surface area contributed by atoms with Gasteiger partial charge >= 0.3 is 0 Å². The van der Waals surface area contributed by atoms with Crippen molar-refractivity contribution in [3.05, 3.63) is 29.7 Å². The van der Waals surface area contributed by atoms with E-state index in [-0.39, 0.29) is 0 Å². The van der Waals surface area contributed by atoms with Crippen LogP contribution in [-0.4, -0.2) is 26.3 Å². The minimum Gasteiger partial charge on any atom is -0.313 e. The van der Waals surface area contributed by atoms with E-state index in [1.165, 1.54) is 17.3 Å². The molecule has 0 radical (unpaired) electrons. The quantitative estimate of drug-likeness (QED) is 0.820. The SMILES string of the molecule is CCCNCc1ccc(Sc2nnc(C)n2C)nc1. The lowest BCUT2D eigenvalue weighted by Crippen LogP contribution is -2.13. The smallest absolute Gasteiger partial charge is 0.197 e. The number of hydrogen-bond acceptors (Lipinski definition) is 5. The summed E-state index contributed by atoms with van der Waals surface area (Å²) < 4.78 is 1.96. The molecule has 0 aliphatic carbocycles. The zero-order valence-electron chi connectivity index (χ0n) is 11.6. The fraction of sp³-hybridized carbons (Fsp3) is 0.462. The standard InChI is InChI=1S/C13H19N5S/c1-4-7-14-8-11-5-6-12(15-9-11)19-13-17-16-10(2)18(13)3/h5-6,9,14H,4,7-8H2,1-3H3. The lowest BCUT2D eigenvalue weighted by atomic mass is 10.3. The van der Waals surface area contributed by atoms with Gasteiger partial charge in [-0.3, -0.25) is 0 Å². The van der Waals surface area contributed by atoms with E-state index < -0.39 is 0 Å². The molecule has 2 heterocycles. The number of nitrogens with one attached hydrogen (secondary N) is 1. The summed E-state index contributed by atoms with van der Waals surface area (Å²) in [5, 5.41) is 13.3. The van der Waals surface area contributed by atoms with Crippen molar-refractivity contribution < 1.29 is 0 Å². The number of pyridine rings is 1. The Labute approximate surface area is 117 Å². The molecule has 0 aliphatic rings. The Hall–Kier alpha value is -1.40. The number of aryl methyl sites for hydroxylation is 1. The van der Waals surface area contributed by atoms with Crippen molar-refractivity contribution in [2.24, 2.45) is 7.05 Å². The lowest BCUT2D eigenvalue weighted by molar-refractivity contribution is 0.673. The third-order valence-corrected chi connectivity index (χ3v) is 3.79. The van der Waals surface area contributed by atoms with Crippen molar-refractivity contribution in [1.29, 1.82) is 0 Å². The van der Waals surface area contributed by atoms with E-state index in [2.05, 4.69) is 33.5 Å². The maximum atomic E-state index is 4.44. The Kier molecular flexibility index (Phi) is 4.93. The molecule has 0 spiro atoms. The highest BCUT2D eigenvalue weighted by Gasteiger charge is 2.07. The normalized spacial score (nSPS) is 10.9. The van der Waals surface area contributed by atoms with Crippen LogP contribution in [0.3, 0.4) is 0 Å². The van der Waals surface area contributed by atoms with Crippen molar-refractivity contribution in [2.75, 3.05) is 6.54 Å². The molecule has 19 heavy (non-hydrogen) atoms. The summed E-state index contributed by atoms with van der Waals surface area (Å²) in [5.41, 5.74) is 1.20. The third-order valence-electron chi connectivity index (χ3n) is 2.80. The minimum atomic E-state index is 0.863. The second-order valence-electron chi connectivity index (χ2n) is 4.37. The first-order valence-corrected chi connectivity index (χ1v) is 7.22. The van der Waals surface area contributed by atoms with Gasteiger partial charge in [-0.2, -0.15) is 0 Å². The first-order chi connectivity index (χ1) is 9.20. The molecule has 5 nitrogen and oxygen atoms in total. The molecule has 0 atom stereocenters. The van der Waals surface area contributed by atoms with Crippen LogP contribution >= 0.6 is 11.8 Å². The predicted octanol–water partition coefficient (Wildman–Crippen LogP) is 2.17. The predicted molar refractivity (Wildman–Crippen MR) is 76.1 cm³/mol. The lowest BCUT2D eigenvalue weighted by Gasteiger charge is -2.04. The molecule has 0 fully saturated rings. The molecule has 102 valence electrons. The van der Waals surface area contributed by atoms with Crippen LogP contribution in [0.15, 0.2) is 28.5 Å². The fourth-order valence-electron chi connectivity index (χ4n) is 1.56. The second-order valence-corrected chi connectivity index (χ2v) is 5.36. The number of rotatable bonds is 6. The van der Waals surface area contributed by atoms with E-state index in [1.54, 1.807) is 0 Å². The first-order valence-electron chi connectivity index (χ1n) is 6.40. The highest BCUT2D eigenvalue weighted by Crippen LogP contribution is 2.23. The largest absolute Gasteiger partial charge is 0.313 e. The van der Waals surface area contributed by atoms with Crippen LogP contribution in [0.2, 0.25) is 0 Å². The molecular formula is C13H19N5S. The Morgan fingerprint density at radius 3 is 2.74 bits per heavy atom. The van der Waals surface area contributed by atoms with Gasteiger partial charge in [0.2, 0.25) is 0 Å². The van der Waals surface area contributed by atoms with E-state index in [1.807, 2.05) is 30.8 Å². The third kappa shape index (κ3) is 3.78. The molecule has 2 rings (SSSR count). The molecule has 6 heteroatoms. The monoisotopic (exact) mass is 277 g/mol. The molecule has 0 saturated carbocycles. The van der Waals surface area contributed by atoms with Gasteiger partial charge in [-0.1, -0.05) is 13.0 Å². The zero-order valence-corrected chi connectivity index (χ0v) is 12.4. The molecule has 1 N–H and O–H groups in total. The van der Waals surface area contributed by atoms with Gasteiger partial charge in [0.25, 0.3) is 0 Å². The molecule has 2 aromatic heterocycles. The molecule has 0 aliphatic heterocycles. The summed E-state index contributed by atoms with van der Waals surface area (Å²) in [7, 11) is 1.96. The average molecular weight is 277 g/mol. The minimum absolute atomic E-state index is 0.863. The summed E-state index contributed by atoms with van der Waals surface area (Å²) in [6, 6.07) is 4.12. The summed E-state index contributed by atoms with van der Waals surface area (Å²) in [6.07, 6.45) is 3.06. The maximum absolute atomic E-state index is 4.44. The summed E-state index contributed by atoms with van der Waals surface area (Å²) >= 11 is 1.53. The topological polar surface area (TPSA) is 55.6 Å². The van der Waals surface area contributed by atoms with E-state index in [0.717, 1.165) is 35.5 Å². The van der Waals surface area contributed by atoms with Crippen molar-refractivity contribution in [1.82, 2.24) is 25.1 Å². The van der Waals surface area contributed by atoms with Crippen molar-refractivity contribution in [2.45, 2.75) is 37.0 Å². The number of aromatic nitrogens is 4. The van der Waals surface area contributed by atoms with Gasteiger partial charge in [0.1, 0.15) is 10.9 Å². The average Bonchev–Trinajstić information content (AvgIpc) is 2.73. The summed E-state index contributed by atoms with van der Waals surface area (Å²) in [5.74, 6) is 0.905. The second kappa shape index (κ2) is 6.68. The van der Waals surface area contributed by atoms with Crippen LogP contribution in [0.25, 0.3) is 0 Å². The zero-order chi connectivity index (χ0) is 13.7. The van der Waals surface area contributed by atoms with Crippen LogP contribution in [-0.2, 0) is 13.6 Å². The van der Waals surface area contributed by atoms with Crippen molar-refractivity contribution in [3.63, 3.8) is 0 Å². The van der Waals surface area contributed by atoms with Gasteiger partial charge in [-0.05, 0) is 43.3 Å². The van der Waals surface area contributed by atoms with Gasteiger partial charge in [0.15, 0.2) is 5.16 Å². The molecule has 2 aromatic rings. The van der Waals surface area contributed by atoms with Crippen LogP contribution in [0.4, 0.5) is 0 Å². The fourth-order valence-corrected chi connectivity index (χ4v) is 2.33. The van der Waals surface area contributed by atoms with Gasteiger partial charge in [0, 0.05) is 19.8 Å². The van der Waals surface area contributed by atoms with Crippen LogP contribution < -0.4 is 5.32 Å². The van der Waals surface area contributed by atoms with Crippen molar-refractivity contribution in [3.8, 4) is 0 Å². The molecule has 0 saturated heterocycles. The summed E-state index contributed by atoms with van der Waals surface area (Å²) in [4.78, 5) is 4.44. The van der Waals surface area contributed by atoms with E-state index in [0.29, 0.717) is 0 Å². The summed E-state index contributed by atoms with van der Waals surface area (Å²) in [6.45, 7) is 6.00. The Balaban J connectivity index is 1.97. The van der Waals surface area contributed by atoms with Crippen LogP contribution in [0.5, 0.6) is 0 Å². The van der Waals surface area contributed by atoms with Gasteiger partial charge in [0.05, 0.1) is 0 Å². The van der Waals surface area contributed by atoms with E-state index in [9.17, 15) is 0 Å². The molecular weight excluding hydrogens is 258 g/mol. The molecule has 0 aromatic carbocycles. The molecule has 0 amide bonds. The molecule has 0 bridgehead atoms. The van der Waals surface area contributed by atoms with Crippen LogP contribution in [0, 0.1) is 6.92 Å². The van der Waals surface area contributed by atoms with E-state index in [4.69, 9.17) is 0 Å². The first kappa shape index (κ1) is 14.0. The van der Waals surface area contributed by atoms with Crippen molar-refractivity contribution >= 4 is 11.8 Å². The Morgan fingerprint density at radius 2 is 2.16 bits per heavy atom. The van der Waals surface area contributed by atoms with Gasteiger partial charge in [-0.25, -0.2) is 4.98 Å². The van der Waals surface area contributed by atoms with Gasteiger partial charge < -0.3 is 9.88 Å².